The van der Waals surface area contributed by atoms with E-state index in [2.05, 4.69) is 15.1 Å². The lowest BCUT2D eigenvalue weighted by Gasteiger charge is -2.41. The summed E-state index contributed by atoms with van der Waals surface area (Å²) in [7, 11) is 0. The molecule has 2 N–H and O–H groups in total. The van der Waals surface area contributed by atoms with Crippen molar-refractivity contribution < 1.29 is 5.11 Å². The Balaban J connectivity index is 1.46. The van der Waals surface area contributed by atoms with E-state index in [0.29, 0.717) is 0 Å². The SMILES string of the molecule is OC1(CN2CCN(C3CC3)CC2)CCNCC1. The second-order valence-corrected chi connectivity index (χ2v) is 6.02. The third kappa shape index (κ3) is 2.99. The van der Waals surface area contributed by atoms with E-state index in [-0.39, 0.29) is 0 Å². The number of hydrogen-bond donors (Lipinski definition) is 2. The molecule has 0 bridgehead atoms. The summed E-state index contributed by atoms with van der Waals surface area (Å²) >= 11 is 0. The van der Waals surface area contributed by atoms with Gasteiger partial charge in [0.05, 0.1) is 5.60 Å². The van der Waals surface area contributed by atoms with Gasteiger partial charge in [-0.25, -0.2) is 0 Å². The van der Waals surface area contributed by atoms with Crippen LogP contribution in [-0.4, -0.2) is 72.4 Å². The zero-order valence-electron chi connectivity index (χ0n) is 10.7. The first kappa shape index (κ1) is 11.9. The molecule has 0 atom stereocenters. The summed E-state index contributed by atoms with van der Waals surface area (Å²) in [5.41, 5.74) is -0.424. The van der Waals surface area contributed by atoms with E-state index in [1.54, 1.807) is 0 Å². The number of hydrogen-bond acceptors (Lipinski definition) is 4. The van der Waals surface area contributed by atoms with Crippen LogP contribution in [0.3, 0.4) is 0 Å². The minimum absolute atomic E-state index is 0.424. The highest BCUT2D eigenvalue weighted by atomic mass is 16.3. The quantitative estimate of drug-likeness (QED) is 0.720. The lowest BCUT2D eigenvalue weighted by Crippen LogP contribution is -2.54. The van der Waals surface area contributed by atoms with Crippen molar-refractivity contribution in [3.8, 4) is 0 Å². The van der Waals surface area contributed by atoms with Crippen molar-refractivity contribution in [3.63, 3.8) is 0 Å². The summed E-state index contributed by atoms with van der Waals surface area (Å²) < 4.78 is 0. The predicted octanol–water partition coefficient (Wildman–Crippen LogP) is -0.119. The summed E-state index contributed by atoms with van der Waals surface area (Å²) in [5.74, 6) is 0. The number of piperidine rings is 1. The molecule has 2 saturated heterocycles. The summed E-state index contributed by atoms with van der Waals surface area (Å²) in [6, 6.07) is 0.902. The number of nitrogens with one attached hydrogen (secondary N) is 1. The Morgan fingerprint density at radius 1 is 1.06 bits per heavy atom. The Morgan fingerprint density at radius 3 is 2.29 bits per heavy atom. The molecular weight excluding hydrogens is 214 g/mol. The zero-order chi connectivity index (χ0) is 11.7. The molecule has 0 aromatic carbocycles. The normalized spacial score (nSPS) is 31.6. The average molecular weight is 239 g/mol. The Bertz CT molecular complexity index is 253. The maximum Gasteiger partial charge on any atom is 0.0798 e. The molecule has 17 heavy (non-hydrogen) atoms. The molecule has 98 valence electrons. The van der Waals surface area contributed by atoms with Crippen molar-refractivity contribution in [1.82, 2.24) is 15.1 Å². The minimum Gasteiger partial charge on any atom is -0.388 e. The van der Waals surface area contributed by atoms with Crippen LogP contribution in [0.25, 0.3) is 0 Å². The van der Waals surface area contributed by atoms with Crippen LogP contribution in [-0.2, 0) is 0 Å². The second-order valence-electron chi connectivity index (χ2n) is 6.02. The van der Waals surface area contributed by atoms with Gasteiger partial charge in [-0.2, -0.15) is 0 Å². The van der Waals surface area contributed by atoms with Gasteiger partial charge in [-0.15, -0.1) is 0 Å². The molecule has 3 rings (SSSR count). The smallest absolute Gasteiger partial charge is 0.0798 e. The molecule has 1 saturated carbocycles. The third-order valence-corrected chi connectivity index (χ3v) is 4.52. The molecule has 1 aliphatic carbocycles. The van der Waals surface area contributed by atoms with Gasteiger partial charge in [-0.3, -0.25) is 9.80 Å². The summed E-state index contributed by atoms with van der Waals surface area (Å²) in [5, 5.41) is 13.8. The summed E-state index contributed by atoms with van der Waals surface area (Å²) in [4.78, 5) is 5.09. The van der Waals surface area contributed by atoms with Gasteiger partial charge in [-0.1, -0.05) is 0 Å². The van der Waals surface area contributed by atoms with Crippen LogP contribution in [0.1, 0.15) is 25.7 Å². The highest BCUT2D eigenvalue weighted by Crippen LogP contribution is 2.28. The van der Waals surface area contributed by atoms with Gasteiger partial charge in [0.2, 0.25) is 0 Å². The fourth-order valence-corrected chi connectivity index (χ4v) is 3.19. The number of aliphatic hydroxyl groups is 1. The van der Waals surface area contributed by atoms with Crippen LogP contribution in [0.5, 0.6) is 0 Å². The Kier molecular flexibility index (Phi) is 3.39. The molecule has 2 heterocycles. The van der Waals surface area contributed by atoms with Crippen molar-refractivity contribution in [1.29, 1.82) is 0 Å². The lowest BCUT2D eigenvalue weighted by molar-refractivity contribution is -0.0312. The van der Waals surface area contributed by atoms with Gasteiger partial charge >= 0.3 is 0 Å². The molecule has 0 aromatic rings. The monoisotopic (exact) mass is 239 g/mol. The Labute approximate surface area is 104 Å². The predicted molar refractivity (Wildman–Crippen MR) is 68.1 cm³/mol. The van der Waals surface area contributed by atoms with Crippen molar-refractivity contribution in [2.24, 2.45) is 0 Å². The van der Waals surface area contributed by atoms with Crippen molar-refractivity contribution in [3.05, 3.63) is 0 Å². The lowest BCUT2D eigenvalue weighted by atomic mass is 9.91. The molecule has 3 fully saturated rings. The fraction of sp³-hybridized carbons (Fsp3) is 1.00. The first-order chi connectivity index (χ1) is 8.25. The first-order valence-electron chi connectivity index (χ1n) is 7.15. The van der Waals surface area contributed by atoms with Crippen LogP contribution in [0.4, 0.5) is 0 Å². The molecule has 3 aliphatic rings. The molecule has 4 heteroatoms. The zero-order valence-corrected chi connectivity index (χ0v) is 10.7. The van der Waals surface area contributed by atoms with Gasteiger partial charge in [-0.05, 0) is 38.8 Å². The molecule has 4 nitrogen and oxygen atoms in total. The number of piperazine rings is 1. The van der Waals surface area contributed by atoms with Crippen molar-refractivity contribution >= 4 is 0 Å². The highest BCUT2D eigenvalue weighted by molar-refractivity contribution is 4.91. The maximum atomic E-state index is 10.5. The minimum atomic E-state index is -0.424. The van der Waals surface area contributed by atoms with E-state index in [1.165, 1.54) is 25.9 Å². The molecular formula is C13H25N3O. The van der Waals surface area contributed by atoms with Gasteiger partial charge < -0.3 is 10.4 Å². The Hall–Kier alpha value is -0.160. The van der Waals surface area contributed by atoms with Crippen molar-refractivity contribution in [2.45, 2.75) is 37.3 Å². The van der Waals surface area contributed by atoms with E-state index < -0.39 is 5.60 Å². The van der Waals surface area contributed by atoms with E-state index >= 15 is 0 Å². The van der Waals surface area contributed by atoms with Gasteiger partial charge in [0.1, 0.15) is 0 Å². The first-order valence-corrected chi connectivity index (χ1v) is 7.15. The molecule has 0 unspecified atom stereocenters. The van der Waals surface area contributed by atoms with E-state index in [0.717, 1.165) is 51.6 Å². The van der Waals surface area contributed by atoms with Gasteiger partial charge in [0.25, 0.3) is 0 Å². The second kappa shape index (κ2) is 4.84. The van der Waals surface area contributed by atoms with E-state index in [1.807, 2.05) is 0 Å². The molecule has 0 amide bonds. The molecule has 0 radical (unpaired) electrons. The molecule has 0 aromatic heterocycles. The van der Waals surface area contributed by atoms with Crippen molar-refractivity contribution in [2.75, 3.05) is 45.8 Å². The Morgan fingerprint density at radius 2 is 1.71 bits per heavy atom. The average Bonchev–Trinajstić information content (AvgIpc) is 3.14. The number of β-amino-alcohol motifs (C(OH)–C–C–N with tert-alkyl or cyclic N) is 1. The van der Waals surface area contributed by atoms with Crippen LogP contribution >= 0.6 is 0 Å². The largest absolute Gasteiger partial charge is 0.388 e. The summed E-state index contributed by atoms with van der Waals surface area (Å²) in [6.45, 7) is 7.53. The van der Waals surface area contributed by atoms with Gasteiger partial charge in [0, 0.05) is 38.8 Å². The van der Waals surface area contributed by atoms with Crippen LogP contribution in [0, 0.1) is 0 Å². The van der Waals surface area contributed by atoms with E-state index in [9.17, 15) is 5.11 Å². The van der Waals surface area contributed by atoms with Crippen LogP contribution in [0.15, 0.2) is 0 Å². The summed E-state index contributed by atoms with van der Waals surface area (Å²) in [6.07, 6.45) is 4.65. The molecule has 0 spiro atoms. The van der Waals surface area contributed by atoms with Crippen LogP contribution in [0.2, 0.25) is 0 Å². The van der Waals surface area contributed by atoms with Gasteiger partial charge in [0.15, 0.2) is 0 Å². The number of nitrogens with zero attached hydrogens (tertiary/aromatic N) is 2. The third-order valence-electron chi connectivity index (χ3n) is 4.52. The highest BCUT2D eigenvalue weighted by Gasteiger charge is 2.35. The molecule has 2 aliphatic heterocycles. The van der Waals surface area contributed by atoms with E-state index in [4.69, 9.17) is 0 Å². The fourth-order valence-electron chi connectivity index (χ4n) is 3.19. The topological polar surface area (TPSA) is 38.7 Å². The van der Waals surface area contributed by atoms with Crippen LogP contribution < -0.4 is 5.32 Å². The maximum absolute atomic E-state index is 10.5. The standard InChI is InChI=1S/C13H25N3O/c17-13(3-5-14-6-4-13)11-15-7-9-16(10-8-15)12-1-2-12/h12,14,17H,1-11H2. The number of rotatable bonds is 3.